The Labute approximate surface area is 96.4 Å². The van der Waals surface area contributed by atoms with Crippen molar-refractivity contribution in [2.75, 3.05) is 0 Å². The van der Waals surface area contributed by atoms with Gasteiger partial charge in [0.15, 0.2) is 0 Å². The fourth-order valence-electron chi connectivity index (χ4n) is 1.11. The molecule has 0 aliphatic rings. The highest BCUT2D eigenvalue weighted by atomic mass is 79.9. The van der Waals surface area contributed by atoms with Crippen LogP contribution in [-0.4, -0.2) is 6.21 Å². The second-order valence-electron chi connectivity index (χ2n) is 2.84. The largest absolute Gasteiger partial charge is 0.404 e. The van der Waals surface area contributed by atoms with Gasteiger partial charge in [-0.05, 0) is 35.5 Å². The fraction of sp³-hybridized carbons (Fsp3) is 0.100. The topological polar surface area (TPSA) is 49.9 Å². The number of allylic oxidation sites excluding steroid dienone is 1. The first-order valence-corrected chi connectivity index (χ1v) is 5.19. The molecule has 0 aromatic heterocycles. The molecule has 0 aliphatic carbocycles. The van der Waals surface area contributed by atoms with Gasteiger partial charge < -0.3 is 11.1 Å². The summed E-state index contributed by atoms with van der Waals surface area (Å²) in [6.07, 6.45) is 3.30. The number of nitrogens with one attached hydrogen (secondary N) is 1. The molecule has 2 nitrogen and oxygen atoms in total. The summed E-state index contributed by atoms with van der Waals surface area (Å²) in [5.41, 5.74) is 7.14. The van der Waals surface area contributed by atoms with E-state index in [2.05, 4.69) is 15.9 Å². The van der Waals surface area contributed by atoms with Gasteiger partial charge in [-0.3, -0.25) is 0 Å². The Bertz CT molecular complexity index is 354. The van der Waals surface area contributed by atoms with Crippen molar-refractivity contribution in [1.29, 1.82) is 5.41 Å². The second kappa shape index (κ2) is 5.17. The Hall–Kier alpha value is -0.800. The Balaban J connectivity index is 2.91. The first kappa shape index (κ1) is 11.3. The van der Waals surface area contributed by atoms with Gasteiger partial charge in [0.1, 0.15) is 0 Å². The smallest absolute Gasteiger partial charge is 0.0420 e. The first-order chi connectivity index (χ1) is 6.65. The Morgan fingerprint density at radius 3 is 2.71 bits per heavy atom. The SMILES string of the molecule is N=C/C(=C\N)Cc1cc(Cl)cc(Br)c1. The van der Waals surface area contributed by atoms with Gasteiger partial charge in [-0.15, -0.1) is 0 Å². The molecule has 0 aliphatic heterocycles. The number of hydrogen-bond acceptors (Lipinski definition) is 2. The predicted octanol–water partition coefficient (Wildman–Crippen LogP) is 3.14. The standard InChI is InChI=1S/C10H10BrClN2/c11-9-2-7(3-10(12)4-9)1-8(5-13)6-14/h2-6,13H,1,14H2/b8-6-,13-5?. The summed E-state index contributed by atoms with van der Waals surface area (Å²) in [7, 11) is 0. The van der Waals surface area contributed by atoms with Crippen molar-refractivity contribution >= 4 is 33.7 Å². The van der Waals surface area contributed by atoms with E-state index in [0.29, 0.717) is 11.4 Å². The van der Waals surface area contributed by atoms with E-state index in [1.54, 1.807) is 0 Å². The molecule has 0 heterocycles. The molecule has 1 rings (SSSR count). The van der Waals surface area contributed by atoms with Crippen molar-refractivity contribution in [2.45, 2.75) is 6.42 Å². The van der Waals surface area contributed by atoms with Crippen molar-refractivity contribution in [1.82, 2.24) is 0 Å². The number of hydrogen-bond donors (Lipinski definition) is 2. The van der Waals surface area contributed by atoms with E-state index in [4.69, 9.17) is 22.7 Å². The molecule has 0 bridgehead atoms. The lowest BCUT2D eigenvalue weighted by Gasteiger charge is -2.03. The highest BCUT2D eigenvalue weighted by molar-refractivity contribution is 9.10. The molecule has 0 spiro atoms. The summed E-state index contributed by atoms with van der Waals surface area (Å²) in [6, 6.07) is 5.64. The van der Waals surface area contributed by atoms with Crippen LogP contribution in [0.3, 0.4) is 0 Å². The van der Waals surface area contributed by atoms with Crippen molar-refractivity contribution in [3.05, 3.63) is 45.0 Å². The summed E-state index contributed by atoms with van der Waals surface area (Å²) in [5, 5.41) is 7.78. The average Bonchev–Trinajstić information content (AvgIpc) is 2.12. The zero-order chi connectivity index (χ0) is 10.6. The van der Waals surface area contributed by atoms with Gasteiger partial charge >= 0.3 is 0 Å². The minimum absolute atomic E-state index is 0.624. The van der Waals surface area contributed by atoms with E-state index >= 15 is 0 Å². The highest BCUT2D eigenvalue weighted by Gasteiger charge is 2.00. The van der Waals surface area contributed by atoms with Gasteiger partial charge in [0.25, 0.3) is 0 Å². The van der Waals surface area contributed by atoms with E-state index < -0.39 is 0 Å². The van der Waals surface area contributed by atoms with Crippen LogP contribution in [0.4, 0.5) is 0 Å². The maximum absolute atomic E-state index is 7.10. The lowest BCUT2D eigenvalue weighted by atomic mass is 10.1. The van der Waals surface area contributed by atoms with Gasteiger partial charge in [-0.2, -0.15) is 0 Å². The maximum Gasteiger partial charge on any atom is 0.0420 e. The van der Waals surface area contributed by atoms with Crippen molar-refractivity contribution in [2.24, 2.45) is 5.73 Å². The van der Waals surface area contributed by atoms with E-state index in [9.17, 15) is 0 Å². The summed E-state index contributed by atoms with van der Waals surface area (Å²) in [5.74, 6) is 0. The molecule has 1 aromatic carbocycles. The highest BCUT2D eigenvalue weighted by Crippen LogP contribution is 2.20. The monoisotopic (exact) mass is 272 g/mol. The Morgan fingerprint density at radius 1 is 1.50 bits per heavy atom. The quantitative estimate of drug-likeness (QED) is 0.817. The zero-order valence-corrected chi connectivity index (χ0v) is 9.77. The Morgan fingerprint density at radius 2 is 2.21 bits per heavy atom. The lowest BCUT2D eigenvalue weighted by Crippen LogP contribution is -1.95. The third-order valence-electron chi connectivity index (χ3n) is 1.73. The van der Waals surface area contributed by atoms with Crippen molar-refractivity contribution in [3.8, 4) is 0 Å². The molecule has 0 atom stereocenters. The van der Waals surface area contributed by atoms with E-state index in [-0.39, 0.29) is 0 Å². The molecule has 14 heavy (non-hydrogen) atoms. The third-order valence-corrected chi connectivity index (χ3v) is 2.41. The van der Waals surface area contributed by atoms with Gasteiger partial charge in [0.05, 0.1) is 0 Å². The summed E-state index contributed by atoms with van der Waals surface area (Å²) < 4.78 is 0.932. The number of benzene rings is 1. The van der Waals surface area contributed by atoms with Gasteiger partial charge in [-0.1, -0.05) is 27.5 Å². The second-order valence-corrected chi connectivity index (χ2v) is 4.19. The normalized spacial score (nSPS) is 11.4. The van der Waals surface area contributed by atoms with Crippen molar-refractivity contribution < 1.29 is 0 Å². The molecule has 0 amide bonds. The number of rotatable bonds is 3. The molecule has 0 unspecified atom stereocenters. The van der Waals surface area contributed by atoms with Crippen LogP contribution >= 0.6 is 27.5 Å². The molecule has 1 aromatic rings. The van der Waals surface area contributed by atoms with Gasteiger partial charge in [0, 0.05) is 22.1 Å². The number of halogens is 2. The van der Waals surface area contributed by atoms with Crippen LogP contribution in [0.2, 0.25) is 5.02 Å². The van der Waals surface area contributed by atoms with Crippen LogP contribution in [0, 0.1) is 5.41 Å². The average molecular weight is 274 g/mol. The molecular weight excluding hydrogens is 263 g/mol. The molecule has 0 fully saturated rings. The van der Waals surface area contributed by atoms with Gasteiger partial charge in [0.2, 0.25) is 0 Å². The van der Waals surface area contributed by atoms with Crippen LogP contribution in [0.25, 0.3) is 0 Å². The van der Waals surface area contributed by atoms with Crippen LogP contribution in [0.15, 0.2) is 34.4 Å². The summed E-state index contributed by atoms with van der Waals surface area (Å²) in [6.45, 7) is 0. The summed E-state index contributed by atoms with van der Waals surface area (Å²) in [4.78, 5) is 0. The molecule has 74 valence electrons. The molecule has 4 heteroatoms. The molecule has 0 saturated heterocycles. The predicted molar refractivity (Wildman–Crippen MR) is 63.9 cm³/mol. The molecule has 3 N–H and O–H groups in total. The van der Waals surface area contributed by atoms with Gasteiger partial charge in [-0.25, -0.2) is 0 Å². The minimum atomic E-state index is 0.624. The fourth-order valence-corrected chi connectivity index (χ4v) is 2.04. The maximum atomic E-state index is 7.10. The number of nitrogens with two attached hydrogens (primary N) is 1. The van der Waals surface area contributed by atoms with E-state index in [1.807, 2.05) is 18.2 Å². The molecule has 0 saturated carbocycles. The zero-order valence-electron chi connectivity index (χ0n) is 7.43. The van der Waals surface area contributed by atoms with Crippen LogP contribution < -0.4 is 5.73 Å². The molecular formula is C10H10BrClN2. The third kappa shape index (κ3) is 3.16. The lowest BCUT2D eigenvalue weighted by molar-refractivity contribution is 1.20. The van der Waals surface area contributed by atoms with Crippen molar-refractivity contribution in [3.63, 3.8) is 0 Å². The van der Waals surface area contributed by atoms with Crippen LogP contribution in [0.1, 0.15) is 5.56 Å². The van der Waals surface area contributed by atoms with Crippen LogP contribution in [-0.2, 0) is 6.42 Å². The summed E-state index contributed by atoms with van der Waals surface area (Å²) >= 11 is 9.24. The minimum Gasteiger partial charge on any atom is -0.404 e. The molecule has 0 radical (unpaired) electrons. The van der Waals surface area contributed by atoms with E-state index in [1.165, 1.54) is 12.4 Å². The van der Waals surface area contributed by atoms with Crippen LogP contribution in [0.5, 0.6) is 0 Å². The Kier molecular flexibility index (Phi) is 4.17. The van der Waals surface area contributed by atoms with E-state index in [0.717, 1.165) is 15.6 Å². The first-order valence-electron chi connectivity index (χ1n) is 4.02.